The molecule has 8 heteroatoms. The van der Waals surface area contributed by atoms with Crippen molar-refractivity contribution in [2.24, 2.45) is 0 Å². The highest BCUT2D eigenvalue weighted by Crippen LogP contribution is 2.39. The van der Waals surface area contributed by atoms with E-state index in [0.717, 1.165) is 29.7 Å². The van der Waals surface area contributed by atoms with Crippen molar-refractivity contribution in [3.05, 3.63) is 82.5 Å². The van der Waals surface area contributed by atoms with Gasteiger partial charge in [0, 0.05) is 29.2 Å². The number of hydrogen-bond donors (Lipinski definition) is 1. The van der Waals surface area contributed by atoms with Crippen molar-refractivity contribution in [3.8, 4) is 17.1 Å². The molecule has 1 aliphatic rings. The Balaban J connectivity index is 1.30. The lowest BCUT2D eigenvalue weighted by Crippen LogP contribution is -2.23. The minimum absolute atomic E-state index is 0.195. The number of halogens is 1. The molecule has 1 N–H and O–H groups in total. The number of hydrogen-bond acceptors (Lipinski definition) is 5. The minimum atomic E-state index is -0.195. The van der Waals surface area contributed by atoms with Gasteiger partial charge in [-0.15, -0.1) is 0 Å². The monoisotopic (exact) mass is 433 g/mol. The molecule has 5 rings (SSSR count). The molecule has 0 aliphatic heterocycles. The van der Waals surface area contributed by atoms with Crippen LogP contribution in [0, 0.1) is 6.92 Å². The third kappa shape index (κ3) is 4.09. The molecule has 31 heavy (non-hydrogen) atoms. The van der Waals surface area contributed by atoms with E-state index in [-0.39, 0.29) is 5.91 Å². The van der Waals surface area contributed by atoms with E-state index >= 15 is 0 Å². The summed E-state index contributed by atoms with van der Waals surface area (Å²) in [4.78, 5) is 17.1. The number of benzene rings is 2. The normalized spacial score (nSPS) is 13.4. The average molecular weight is 434 g/mol. The summed E-state index contributed by atoms with van der Waals surface area (Å²) in [5.41, 5.74) is 3.74. The van der Waals surface area contributed by atoms with Gasteiger partial charge in [-0.05, 0) is 55.7 Å². The lowest BCUT2D eigenvalue weighted by molar-refractivity contribution is 0.0950. The third-order valence-electron chi connectivity index (χ3n) is 5.30. The van der Waals surface area contributed by atoms with E-state index in [1.54, 1.807) is 16.9 Å². The van der Waals surface area contributed by atoms with Gasteiger partial charge in [-0.25, -0.2) is 4.68 Å². The van der Waals surface area contributed by atoms with Crippen LogP contribution in [0.25, 0.3) is 17.1 Å². The molecule has 0 atom stereocenters. The molecule has 2 heterocycles. The second-order valence-corrected chi connectivity index (χ2v) is 8.03. The number of rotatable bonds is 6. The zero-order valence-electron chi connectivity index (χ0n) is 16.9. The van der Waals surface area contributed by atoms with Crippen LogP contribution in [0.1, 0.15) is 46.3 Å². The number of nitrogens with zero attached hydrogens (tertiary/aromatic N) is 4. The highest BCUT2D eigenvalue weighted by molar-refractivity contribution is 6.31. The van der Waals surface area contributed by atoms with E-state index in [2.05, 4.69) is 20.6 Å². The molecule has 1 amide bonds. The van der Waals surface area contributed by atoms with Crippen LogP contribution in [0.3, 0.4) is 0 Å². The van der Waals surface area contributed by atoms with Gasteiger partial charge in [0.05, 0.1) is 16.9 Å². The molecule has 156 valence electrons. The van der Waals surface area contributed by atoms with Gasteiger partial charge in [0.2, 0.25) is 11.7 Å². The number of nitrogens with one attached hydrogen (secondary N) is 1. The zero-order chi connectivity index (χ0) is 21.4. The van der Waals surface area contributed by atoms with Gasteiger partial charge in [0.1, 0.15) is 0 Å². The number of amides is 1. The van der Waals surface area contributed by atoms with Gasteiger partial charge in [-0.2, -0.15) is 10.1 Å². The smallest absolute Gasteiger partial charge is 0.255 e. The SMILES string of the molecule is Cc1nn(-c2ccc(-c3noc(C4CC4)n3)cc2)cc1C(=O)NCc1ccccc1Cl. The summed E-state index contributed by atoms with van der Waals surface area (Å²) in [6.45, 7) is 2.17. The summed E-state index contributed by atoms with van der Waals surface area (Å²) in [7, 11) is 0. The molecular formula is C23H20ClN5O2. The van der Waals surface area contributed by atoms with Crippen LogP contribution in [0.2, 0.25) is 5.02 Å². The van der Waals surface area contributed by atoms with Crippen molar-refractivity contribution >= 4 is 17.5 Å². The fourth-order valence-corrected chi connectivity index (χ4v) is 3.54. The summed E-state index contributed by atoms with van der Waals surface area (Å²) in [5.74, 6) is 1.54. The Hall–Kier alpha value is -3.45. The van der Waals surface area contributed by atoms with Crippen molar-refractivity contribution in [1.29, 1.82) is 0 Å². The van der Waals surface area contributed by atoms with Crippen LogP contribution in [0.4, 0.5) is 0 Å². The van der Waals surface area contributed by atoms with E-state index in [4.69, 9.17) is 16.1 Å². The van der Waals surface area contributed by atoms with Crippen molar-refractivity contribution < 1.29 is 9.32 Å². The molecule has 0 bridgehead atoms. The van der Waals surface area contributed by atoms with Crippen LogP contribution >= 0.6 is 11.6 Å². The highest BCUT2D eigenvalue weighted by atomic mass is 35.5. The van der Waals surface area contributed by atoms with E-state index in [1.165, 1.54) is 0 Å². The molecule has 2 aromatic heterocycles. The maximum atomic E-state index is 12.7. The van der Waals surface area contributed by atoms with E-state index < -0.39 is 0 Å². The van der Waals surface area contributed by atoms with Crippen molar-refractivity contribution in [3.63, 3.8) is 0 Å². The third-order valence-corrected chi connectivity index (χ3v) is 5.67. The Kier molecular flexibility index (Phi) is 5.03. The van der Waals surface area contributed by atoms with Crippen molar-refractivity contribution in [2.45, 2.75) is 32.2 Å². The first-order chi connectivity index (χ1) is 15.1. The predicted molar refractivity (Wildman–Crippen MR) is 116 cm³/mol. The Morgan fingerprint density at radius 3 is 2.71 bits per heavy atom. The van der Waals surface area contributed by atoms with Crippen molar-refractivity contribution in [2.75, 3.05) is 0 Å². The largest absolute Gasteiger partial charge is 0.348 e. The molecule has 0 unspecified atom stereocenters. The lowest BCUT2D eigenvalue weighted by Gasteiger charge is -2.06. The van der Waals surface area contributed by atoms with E-state index in [9.17, 15) is 4.79 Å². The summed E-state index contributed by atoms with van der Waals surface area (Å²) in [6, 6.07) is 15.1. The first-order valence-corrected chi connectivity index (χ1v) is 10.5. The Morgan fingerprint density at radius 1 is 1.19 bits per heavy atom. The van der Waals surface area contributed by atoms with Crippen LogP contribution in [-0.2, 0) is 6.54 Å². The van der Waals surface area contributed by atoms with Gasteiger partial charge in [0.15, 0.2) is 0 Å². The van der Waals surface area contributed by atoms with E-state index in [0.29, 0.717) is 40.5 Å². The molecule has 4 aromatic rings. The van der Waals surface area contributed by atoms with Crippen LogP contribution in [0.5, 0.6) is 0 Å². The lowest BCUT2D eigenvalue weighted by atomic mass is 10.2. The standard InChI is InChI=1S/C23H20ClN5O2/c1-14-19(22(30)25-12-17-4-2-3-5-20(17)24)13-29(27-14)18-10-8-15(9-11-18)21-26-23(31-28-21)16-6-7-16/h2-5,8-11,13,16H,6-7,12H2,1H3,(H,25,30). The van der Waals surface area contributed by atoms with Crippen molar-refractivity contribution in [1.82, 2.24) is 25.2 Å². The van der Waals surface area contributed by atoms with Gasteiger partial charge >= 0.3 is 0 Å². The highest BCUT2D eigenvalue weighted by Gasteiger charge is 2.29. The van der Waals surface area contributed by atoms with Crippen LogP contribution in [-0.4, -0.2) is 25.8 Å². The van der Waals surface area contributed by atoms with Gasteiger partial charge in [-0.1, -0.05) is 35.0 Å². The molecule has 7 nitrogen and oxygen atoms in total. The first-order valence-electron chi connectivity index (χ1n) is 10.1. The average Bonchev–Trinajstić information content (AvgIpc) is 3.38. The first kappa shape index (κ1) is 19.5. The molecule has 1 aliphatic carbocycles. The zero-order valence-corrected chi connectivity index (χ0v) is 17.6. The Bertz CT molecular complexity index is 1240. The quantitative estimate of drug-likeness (QED) is 0.476. The summed E-state index contributed by atoms with van der Waals surface area (Å²) >= 11 is 6.16. The molecule has 2 aromatic carbocycles. The second-order valence-electron chi connectivity index (χ2n) is 7.62. The fraction of sp³-hybridized carbons (Fsp3) is 0.217. The van der Waals surface area contributed by atoms with Gasteiger partial charge in [-0.3, -0.25) is 4.79 Å². The van der Waals surface area contributed by atoms with Crippen LogP contribution in [0.15, 0.2) is 59.3 Å². The molecular weight excluding hydrogens is 414 g/mol. The molecule has 0 spiro atoms. The molecule has 0 radical (unpaired) electrons. The summed E-state index contributed by atoms with van der Waals surface area (Å²) < 4.78 is 7.02. The number of aryl methyl sites for hydroxylation is 1. The maximum absolute atomic E-state index is 12.7. The molecule has 1 saturated carbocycles. The molecule has 1 fully saturated rings. The Labute approximate surface area is 184 Å². The number of carbonyl (C=O) groups is 1. The van der Waals surface area contributed by atoms with Gasteiger partial charge in [0.25, 0.3) is 5.91 Å². The minimum Gasteiger partial charge on any atom is -0.348 e. The number of aromatic nitrogens is 4. The second kappa shape index (κ2) is 8.00. The Morgan fingerprint density at radius 2 is 1.97 bits per heavy atom. The number of carbonyl (C=O) groups excluding carboxylic acids is 1. The van der Waals surface area contributed by atoms with E-state index in [1.807, 2.05) is 49.4 Å². The maximum Gasteiger partial charge on any atom is 0.255 e. The van der Waals surface area contributed by atoms with Crippen LogP contribution < -0.4 is 5.32 Å². The molecule has 0 saturated heterocycles. The topological polar surface area (TPSA) is 85.8 Å². The van der Waals surface area contributed by atoms with Gasteiger partial charge < -0.3 is 9.84 Å². The summed E-state index contributed by atoms with van der Waals surface area (Å²) in [5, 5.41) is 12.1. The predicted octanol–water partition coefficient (Wildman–Crippen LogP) is 4.69. The fourth-order valence-electron chi connectivity index (χ4n) is 3.34. The summed E-state index contributed by atoms with van der Waals surface area (Å²) in [6.07, 6.45) is 3.97.